The first-order valence-corrected chi connectivity index (χ1v) is 0.612. The van der Waals surface area contributed by atoms with Gasteiger partial charge in [0.1, 0.15) is 0 Å². The van der Waals surface area contributed by atoms with Crippen molar-refractivity contribution < 1.29 is 58.8 Å². The van der Waals surface area contributed by atoms with E-state index in [4.69, 9.17) is 15.0 Å². The quantitative estimate of drug-likeness (QED) is 0.435. The molecule has 0 radical (unpaired) electrons. The normalized spacial score (nSPS) is 4.00. The van der Waals surface area contributed by atoms with Crippen LogP contribution >= 0.6 is 0 Å². The Morgan fingerprint density at radius 3 is 1.33 bits per heavy atom. The summed E-state index contributed by atoms with van der Waals surface area (Å²) in [6, 6.07) is 0. The van der Waals surface area contributed by atoms with Gasteiger partial charge in [-0.3, -0.25) is 0 Å². The van der Waals surface area contributed by atoms with E-state index in [0.29, 0.717) is 0 Å². The van der Waals surface area contributed by atoms with Crippen molar-refractivity contribution in [3.63, 3.8) is 0 Å². The van der Waals surface area contributed by atoms with Crippen molar-refractivity contribution in [2.45, 2.75) is 0 Å². The summed E-state index contributed by atoms with van der Waals surface area (Å²) in [6.07, 6.45) is -2.33. The van der Waals surface area contributed by atoms with E-state index in [1.807, 2.05) is 0 Å². The first kappa shape index (κ1) is 15.9. The average Bonchev–Trinajstić information content (AvgIpc) is 0.811. The van der Waals surface area contributed by atoms with E-state index >= 15 is 0 Å². The smallest absolute Gasteiger partial charge is 0.652 e. The number of carboxylic acid groups (broad SMARTS) is 2. The molecule has 5 heteroatoms. The van der Waals surface area contributed by atoms with E-state index < -0.39 is 6.16 Å². The molecule has 0 aliphatic rings. The molecule has 0 saturated heterocycles. The molecule has 3 nitrogen and oxygen atoms in total. The predicted octanol–water partition coefficient (Wildman–Crippen LogP) is -2.45. The Balaban J connectivity index is -0.0000000450. The van der Waals surface area contributed by atoms with Gasteiger partial charge in [-0.1, -0.05) is 0 Å². The zero-order chi connectivity index (χ0) is 3.58. The second-order valence-corrected chi connectivity index (χ2v) is 0.250. The molecule has 0 aromatic heterocycles. The molecule has 0 unspecified atom stereocenters. The molecular weight excluding hydrogens is 231 g/mol. The third-order valence-electron chi connectivity index (χ3n) is 0. The van der Waals surface area contributed by atoms with Crippen molar-refractivity contribution in [1.82, 2.24) is 0 Å². The third kappa shape index (κ3) is 135. The Morgan fingerprint density at radius 2 is 1.33 bits per heavy atom. The summed E-state index contributed by atoms with van der Waals surface area (Å²) < 4.78 is 0. The summed E-state index contributed by atoms with van der Waals surface area (Å²) >= 11 is 0. The maximum Gasteiger partial charge on any atom is 2.00 e. The molecule has 6 heavy (non-hydrogen) atoms. The molecule has 0 fully saturated rings. The van der Waals surface area contributed by atoms with Crippen molar-refractivity contribution in [3.8, 4) is 0 Å². The fraction of sp³-hybridized carbons (Fsp3) is 0. The molecule has 0 heterocycles. The minimum atomic E-state index is -2.33. The Labute approximate surface area is 64.8 Å². The zero-order valence-corrected chi connectivity index (χ0v) is 7.77. The maximum atomic E-state index is 8.33. The van der Waals surface area contributed by atoms with E-state index in [1.165, 1.54) is 0 Å². The van der Waals surface area contributed by atoms with E-state index in [9.17, 15) is 0 Å². The number of hydrogen-bond donors (Lipinski definition) is 0. The second-order valence-electron chi connectivity index (χ2n) is 0.250. The monoisotopic (exact) mass is 232 g/mol. The molecule has 0 amide bonds. The fourth-order valence-corrected chi connectivity index (χ4v) is 0. The molecule has 0 rings (SSSR count). The molecule has 34 valence electrons. The third-order valence-corrected chi connectivity index (χ3v) is 0. The van der Waals surface area contributed by atoms with Gasteiger partial charge in [0.2, 0.25) is 0 Å². The van der Waals surface area contributed by atoms with Crippen LogP contribution < -0.4 is 10.2 Å². The minimum absolute atomic E-state index is 0. The van der Waals surface area contributed by atoms with Crippen LogP contribution in [0.4, 0.5) is 4.79 Å². The first-order valence-electron chi connectivity index (χ1n) is 0.612. The van der Waals surface area contributed by atoms with Gasteiger partial charge in [-0.05, 0) is 6.16 Å². The van der Waals surface area contributed by atoms with Gasteiger partial charge in [0, 0.05) is 16.5 Å². The number of carbonyl (C=O) groups is 1. The molecule has 0 aromatic rings. The Kier molecular flexibility index (Phi) is 24.4. The van der Waals surface area contributed by atoms with Gasteiger partial charge >= 0.3 is 27.3 Å². The summed E-state index contributed by atoms with van der Waals surface area (Å²) in [6.45, 7) is 0. The molecule has 0 aliphatic carbocycles. The second kappa shape index (κ2) is 9.19. The van der Waals surface area contributed by atoms with Crippen molar-refractivity contribution in [3.05, 3.63) is 0 Å². The predicted molar refractivity (Wildman–Crippen MR) is 5.40 cm³/mol. The van der Waals surface area contributed by atoms with Gasteiger partial charge in [0.05, 0.1) is 0 Å². The molecule has 0 N–H and O–H groups in total. The summed E-state index contributed by atoms with van der Waals surface area (Å²) in [4.78, 5) is 8.33. The summed E-state index contributed by atoms with van der Waals surface area (Å²) in [5.41, 5.74) is 0. The fourth-order valence-electron chi connectivity index (χ4n) is 0. The molecule has 0 aliphatic heterocycles. The average molecular weight is 231 g/mol. The van der Waals surface area contributed by atoms with Crippen LogP contribution in [0.3, 0.4) is 0 Å². The van der Waals surface area contributed by atoms with Crippen molar-refractivity contribution in [1.29, 1.82) is 0 Å². The molecular formula is CCdNiO3. The van der Waals surface area contributed by atoms with Crippen LogP contribution in [0.2, 0.25) is 0 Å². The van der Waals surface area contributed by atoms with Gasteiger partial charge in [-0.25, -0.2) is 0 Å². The summed E-state index contributed by atoms with van der Waals surface area (Å²) in [5.74, 6) is 0. The Morgan fingerprint density at radius 1 is 1.33 bits per heavy atom. The van der Waals surface area contributed by atoms with E-state index in [2.05, 4.69) is 0 Å². The van der Waals surface area contributed by atoms with Crippen LogP contribution in [-0.2, 0) is 43.8 Å². The molecule has 0 aromatic carbocycles. The van der Waals surface area contributed by atoms with Gasteiger partial charge in [0.15, 0.2) is 0 Å². The minimum Gasteiger partial charge on any atom is -0.652 e. The topological polar surface area (TPSA) is 63.2 Å². The molecule has 0 spiro atoms. The van der Waals surface area contributed by atoms with Crippen LogP contribution in [-0.4, -0.2) is 6.16 Å². The first-order chi connectivity index (χ1) is 1.73. The van der Waals surface area contributed by atoms with Crippen molar-refractivity contribution in [2.75, 3.05) is 0 Å². The Hall–Kier alpha value is 0.686. The largest absolute Gasteiger partial charge is 2.00 e. The standard InChI is InChI=1S/CH2O3.Cd.Ni/c2-1(3)4;;/h(H2,2,3,4);;/q;+2;/p-2. The van der Waals surface area contributed by atoms with E-state index in [1.54, 1.807) is 0 Å². The van der Waals surface area contributed by atoms with Gasteiger partial charge < -0.3 is 15.0 Å². The molecule has 0 atom stereocenters. The van der Waals surface area contributed by atoms with Crippen molar-refractivity contribution >= 4 is 6.16 Å². The van der Waals surface area contributed by atoms with E-state index in [0.717, 1.165) is 0 Å². The number of hydrogen-bond acceptors (Lipinski definition) is 3. The number of carbonyl (C=O) groups excluding carboxylic acids is 1. The summed E-state index contributed by atoms with van der Waals surface area (Å²) in [7, 11) is 0. The van der Waals surface area contributed by atoms with Crippen molar-refractivity contribution in [2.24, 2.45) is 0 Å². The zero-order valence-electron chi connectivity index (χ0n) is 2.75. The van der Waals surface area contributed by atoms with Gasteiger partial charge in [0.25, 0.3) is 0 Å². The van der Waals surface area contributed by atoms with Gasteiger partial charge in [-0.2, -0.15) is 0 Å². The molecule has 0 saturated carbocycles. The van der Waals surface area contributed by atoms with Gasteiger partial charge in [-0.15, -0.1) is 0 Å². The maximum absolute atomic E-state index is 8.33. The van der Waals surface area contributed by atoms with Crippen LogP contribution in [0, 0.1) is 0 Å². The van der Waals surface area contributed by atoms with Crippen LogP contribution in [0.25, 0.3) is 0 Å². The number of rotatable bonds is 0. The van der Waals surface area contributed by atoms with E-state index in [-0.39, 0.29) is 43.8 Å². The molecule has 0 bridgehead atoms. The van der Waals surface area contributed by atoms with Crippen LogP contribution in [0.1, 0.15) is 0 Å². The summed E-state index contributed by atoms with van der Waals surface area (Å²) in [5, 5.41) is 16.7. The Bertz CT molecular complexity index is 33.8. The van der Waals surface area contributed by atoms with Crippen LogP contribution in [0.15, 0.2) is 0 Å². The van der Waals surface area contributed by atoms with Crippen LogP contribution in [0.5, 0.6) is 0 Å². The SMILES string of the molecule is O=C([O-])[O-].[Cd+2].[Ni].